The number of hydrogen-bond acceptors (Lipinski definition) is 4. The Balaban J connectivity index is 1.67. The van der Waals surface area contributed by atoms with Gasteiger partial charge in [0, 0.05) is 39.3 Å². The van der Waals surface area contributed by atoms with Crippen LogP contribution in [0.25, 0.3) is 0 Å². The number of ether oxygens (including phenoxy) is 1. The number of nitrogens with zero attached hydrogens (tertiary/aromatic N) is 2. The number of aliphatic hydroxyl groups is 1. The Hall–Kier alpha value is -0.160. The lowest BCUT2D eigenvalue weighted by atomic mass is 10.1. The maximum atomic E-state index is 9.82. The van der Waals surface area contributed by atoms with Gasteiger partial charge in [-0.1, -0.05) is 0 Å². The van der Waals surface area contributed by atoms with E-state index < -0.39 is 5.60 Å². The molecule has 4 heteroatoms. The molecule has 106 valence electrons. The molecule has 2 saturated heterocycles. The quantitative estimate of drug-likeness (QED) is 0.812. The van der Waals surface area contributed by atoms with Gasteiger partial charge in [-0.2, -0.15) is 0 Å². The molecule has 0 radical (unpaired) electrons. The average Bonchev–Trinajstić information content (AvgIpc) is 2.65. The molecular weight excluding hydrogens is 228 g/mol. The van der Waals surface area contributed by atoms with E-state index >= 15 is 0 Å². The minimum absolute atomic E-state index is 0.445. The molecule has 2 rings (SSSR count). The van der Waals surface area contributed by atoms with Crippen LogP contribution in [0.4, 0.5) is 0 Å². The Labute approximate surface area is 111 Å². The van der Waals surface area contributed by atoms with Gasteiger partial charge in [-0.3, -0.25) is 9.80 Å². The summed E-state index contributed by atoms with van der Waals surface area (Å²) in [5.74, 6) is 0. The van der Waals surface area contributed by atoms with Crippen LogP contribution >= 0.6 is 0 Å². The topological polar surface area (TPSA) is 35.9 Å². The zero-order chi connectivity index (χ0) is 13.2. The van der Waals surface area contributed by atoms with Crippen LogP contribution in [0, 0.1) is 0 Å². The van der Waals surface area contributed by atoms with Crippen LogP contribution in [0.15, 0.2) is 0 Å². The van der Waals surface area contributed by atoms with Gasteiger partial charge in [0.15, 0.2) is 0 Å². The van der Waals surface area contributed by atoms with Gasteiger partial charge in [0.25, 0.3) is 0 Å². The molecule has 0 saturated carbocycles. The van der Waals surface area contributed by atoms with E-state index in [0.29, 0.717) is 12.2 Å². The molecular formula is C14H28N2O2. The van der Waals surface area contributed by atoms with Crippen molar-refractivity contribution in [2.45, 2.75) is 51.4 Å². The van der Waals surface area contributed by atoms with E-state index in [9.17, 15) is 5.11 Å². The van der Waals surface area contributed by atoms with E-state index in [1.807, 2.05) is 13.8 Å². The molecule has 0 aromatic heterocycles. The molecule has 2 heterocycles. The van der Waals surface area contributed by atoms with Crippen molar-refractivity contribution >= 4 is 0 Å². The highest BCUT2D eigenvalue weighted by Crippen LogP contribution is 2.20. The predicted molar refractivity (Wildman–Crippen MR) is 72.7 cm³/mol. The van der Waals surface area contributed by atoms with E-state index in [1.54, 1.807) is 0 Å². The summed E-state index contributed by atoms with van der Waals surface area (Å²) in [6.07, 6.45) is 3.32. The number of hydrogen-bond donors (Lipinski definition) is 1. The van der Waals surface area contributed by atoms with Crippen LogP contribution in [0.3, 0.4) is 0 Å². The largest absolute Gasteiger partial charge is 0.389 e. The molecule has 0 aromatic rings. The first-order valence-corrected chi connectivity index (χ1v) is 7.25. The highest BCUT2D eigenvalue weighted by molar-refractivity contribution is 4.81. The Morgan fingerprint density at radius 1 is 1.11 bits per heavy atom. The zero-order valence-electron chi connectivity index (χ0n) is 12.1. The fraction of sp³-hybridized carbons (Fsp3) is 1.00. The lowest BCUT2D eigenvalue weighted by Crippen LogP contribution is -2.51. The van der Waals surface area contributed by atoms with Crippen LogP contribution in [-0.2, 0) is 4.74 Å². The predicted octanol–water partition coefficient (Wildman–Crippen LogP) is 0.942. The SMILES string of the molecule is CC1CCC(CN2CCN(CC(C)(C)O)CC2)O1. The van der Waals surface area contributed by atoms with E-state index in [1.165, 1.54) is 12.8 Å². The molecule has 0 bridgehead atoms. The summed E-state index contributed by atoms with van der Waals surface area (Å²) in [6.45, 7) is 12.1. The van der Waals surface area contributed by atoms with Crippen molar-refractivity contribution in [2.75, 3.05) is 39.3 Å². The van der Waals surface area contributed by atoms with Crippen molar-refractivity contribution < 1.29 is 9.84 Å². The Bertz CT molecular complexity index is 257. The van der Waals surface area contributed by atoms with Crippen LogP contribution in [0.1, 0.15) is 33.6 Å². The molecule has 1 N–H and O–H groups in total. The molecule has 2 atom stereocenters. The van der Waals surface area contributed by atoms with Crippen LogP contribution < -0.4 is 0 Å². The van der Waals surface area contributed by atoms with E-state index in [0.717, 1.165) is 39.3 Å². The van der Waals surface area contributed by atoms with Crippen molar-refractivity contribution in [2.24, 2.45) is 0 Å². The molecule has 18 heavy (non-hydrogen) atoms. The summed E-state index contributed by atoms with van der Waals surface area (Å²) < 4.78 is 5.88. The lowest BCUT2D eigenvalue weighted by Gasteiger charge is -2.38. The Morgan fingerprint density at radius 3 is 2.22 bits per heavy atom. The first kappa shape index (κ1) is 14.3. The second kappa shape index (κ2) is 5.87. The van der Waals surface area contributed by atoms with Crippen molar-refractivity contribution in [3.63, 3.8) is 0 Å². The lowest BCUT2D eigenvalue weighted by molar-refractivity contribution is -0.00228. The fourth-order valence-corrected chi connectivity index (χ4v) is 2.98. The second-order valence-corrected chi connectivity index (χ2v) is 6.54. The molecule has 0 amide bonds. The normalized spacial score (nSPS) is 32.0. The van der Waals surface area contributed by atoms with Gasteiger partial charge in [0.1, 0.15) is 0 Å². The molecule has 0 aliphatic carbocycles. The van der Waals surface area contributed by atoms with Crippen LogP contribution in [0.5, 0.6) is 0 Å². The summed E-state index contributed by atoms with van der Waals surface area (Å²) in [7, 11) is 0. The van der Waals surface area contributed by atoms with E-state index in [2.05, 4.69) is 16.7 Å². The summed E-state index contributed by atoms with van der Waals surface area (Å²) in [4.78, 5) is 4.86. The molecule has 2 fully saturated rings. The van der Waals surface area contributed by atoms with Gasteiger partial charge >= 0.3 is 0 Å². The Kier molecular flexibility index (Phi) is 4.64. The van der Waals surface area contributed by atoms with Crippen molar-refractivity contribution in [1.29, 1.82) is 0 Å². The van der Waals surface area contributed by atoms with Crippen LogP contribution in [-0.4, -0.2) is 72.0 Å². The molecule has 2 aliphatic rings. The highest BCUT2D eigenvalue weighted by Gasteiger charge is 2.27. The first-order chi connectivity index (χ1) is 8.42. The summed E-state index contributed by atoms with van der Waals surface area (Å²) in [5.41, 5.74) is -0.577. The highest BCUT2D eigenvalue weighted by atomic mass is 16.5. The molecule has 0 aromatic carbocycles. The maximum Gasteiger partial charge on any atom is 0.0718 e. The number of piperazine rings is 1. The van der Waals surface area contributed by atoms with Gasteiger partial charge < -0.3 is 9.84 Å². The molecule has 0 spiro atoms. The molecule has 2 aliphatic heterocycles. The van der Waals surface area contributed by atoms with Crippen molar-refractivity contribution in [3.8, 4) is 0 Å². The minimum atomic E-state index is -0.577. The average molecular weight is 256 g/mol. The van der Waals surface area contributed by atoms with Crippen molar-refractivity contribution in [3.05, 3.63) is 0 Å². The molecule has 2 unspecified atom stereocenters. The van der Waals surface area contributed by atoms with Gasteiger partial charge in [-0.25, -0.2) is 0 Å². The standard InChI is InChI=1S/C14H28N2O2/c1-12-4-5-13(18-12)10-15-6-8-16(9-7-15)11-14(2,3)17/h12-13,17H,4-11H2,1-3H3. The smallest absolute Gasteiger partial charge is 0.0718 e. The maximum absolute atomic E-state index is 9.82. The third kappa shape index (κ3) is 4.50. The van der Waals surface area contributed by atoms with E-state index in [4.69, 9.17) is 4.74 Å². The Morgan fingerprint density at radius 2 is 1.72 bits per heavy atom. The second-order valence-electron chi connectivity index (χ2n) is 6.54. The van der Waals surface area contributed by atoms with Gasteiger partial charge in [0.2, 0.25) is 0 Å². The zero-order valence-corrected chi connectivity index (χ0v) is 12.1. The van der Waals surface area contributed by atoms with Crippen molar-refractivity contribution in [1.82, 2.24) is 9.80 Å². The van der Waals surface area contributed by atoms with Crippen LogP contribution in [0.2, 0.25) is 0 Å². The summed E-state index contributed by atoms with van der Waals surface area (Å²) in [5, 5.41) is 9.82. The first-order valence-electron chi connectivity index (χ1n) is 7.25. The number of rotatable bonds is 4. The van der Waals surface area contributed by atoms with Gasteiger partial charge in [0.05, 0.1) is 17.8 Å². The monoisotopic (exact) mass is 256 g/mol. The summed E-state index contributed by atoms with van der Waals surface area (Å²) >= 11 is 0. The van der Waals surface area contributed by atoms with Gasteiger partial charge in [-0.05, 0) is 33.6 Å². The molecule has 4 nitrogen and oxygen atoms in total. The third-order valence-corrected chi connectivity index (χ3v) is 3.86. The number of β-amino-alcohol motifs (C(OH)–C–C–N with tert-alkyl or cyclic N) is 1. The summed E-state index contributed by atoms with van der Waals surface area (Å²) in [6, 6.07) is 0. The fourth-order valence-electron chi connectivity index (χ4n) is 2.98. The van der Waals surface area contributed by atoms with E-state index in [-0.39, 0.29) is 0 Å². The third-order valence-electron chi connectivity index (χ3n) is 3.86. The minimum Gasteiger partial charge on any atom is -0.389 e. The van der Waals surface area contributed by atoms with Gasteiger partial charge in [-0.15, -0.1) is 0 Å².